The fourth-order valence-electron chi connectivity index (χ4n) is 2.90. The Kier molecular flexibility index (Phi) is 3.97. The molecule has 4 rings (SSSR count). The molecule has 0 saturated carbocycles. The topological polar surface area (TPSA) is 91.7 Å². The van der Waals surface area contributed by atoms with Crippen LogP contribution < -0.4 is 9.73 Å². The van der Waals surface area contributed by atoms with E-state index >= 15 is 0 Å². The number of hydrogen-bond donors (Lipinski definition) is 1. The summed E-state index contributed by atoms with van der Waals surface area (Å²) in [6, 6.07) is 10.4. The zero-order valence-corrected chi connectivity index (χ0v) is 15.3. The molecule has 0 unspecified atom stereocenters. The van der Waals surface area contributed by atoms with E-state index in [0.29, 0.717) is 16.8 Å². The molecule has 0 radical (unpaired) electrons. The predicted molar refractivity (Wildman–Crippen MR) is 101 cm³/mol. The summed E-state index contributed by atoms with van der Waals surface area (Å²) in [5.74, 6) is -0.526. The van der Waals surface area contributed by atoms with E-state index in [0.717, 1.165) is 14.7 Å². The summed E-state index contributed by atoms with van der Waals surface area (Å²) in [7, 11) is -3.76. The molecule has 26 heavy (non-hydrogen) atoms. The van der Waals surface area contributed by atoms with Gasteiger partial charge in [0.25, 0.3) is 15.9 Å². The highest BCUT2D eigenvalue weighted by Gasteiger charge is 2.36. The largest absolute Gasteiger partial charge is 0.271 e. The summed E-state index contributed by atoms with van der Waals surface area (Å²) in [5.41, 5.74) is 3.50. The molecule has 1 amide bonds. The molecular formula is C17H14N4O3S2. The van der Waals surface area contributed by atoms with Crippen molar-refractivity contribution in [2.75, 3.05) is 10.8 Å². The quantitative estimate of drug-likeness (QED) is 0.550. The standard InChI is InChI=1S/C17H14N4O3S2/c1-11-19-13(10-25-11)8-18-20-16(22)9-21-14-6-2-4-12-5-3-7-15(17(12)14)26(21,23)24/h2-8,10H,9H2,1H3,(H,20,22)/b18-8-. The Bertz CT molecular complexity index is 1150. The first-order valence-electron chi connectivity index (χ1n) is 7.75. The lowest BCUT2D eigenvalue weighted by atomic mass is 10.1. The van der Waals surface area contributed by atoms with E-state index in [1.54, 1.807) is 24.3 Å². The number of rotatable bonds is 4. The van der Waals surface area contributed by atoms with E-state index < -0.39 is 15.9 Å². The molecule has 0 atom stereocenters. The van der Waals surface area contributed by atoms with E-state index in [1.165, 1.54) is 17.6 Å². The monoisotopic (exact) mass is 386 g/mol. The first-order chi connectivity index (χ1) is 12.5. The average molecular weight is 386 g/mol. The second-order valence-corrected chi connectivity index (χ2v) is 8.62. The molecule has 2 heterocycles. The average Bonchev–Trinajstić information content (AvgIpc) is 3.11. The van der Waals surface area contributed by atoms with Gasteiger partial charge in [0.05, 0.1) is 27.5 Å². The van der Waals surface area contributed by atoms with Crippen LogP contribution in [0.2, 0.25) is 0 Å². The van der Waals surface area contributed by atoms with Gasteiger partial charge < -0.3 is 0 Å². The van der Waals surface area contributed by atoms with Crippen LogP contribution in [0.1, 0.15) is 10.7 Å². The van der Waals surface area contributed by atoms with Crippen LogP contribution in [0.4, 0.5) is 5.69 Å². The maximum Gasteiger partial charge on any atom is 0.265 e. The van der Waals surface area contributed by atoms with Gasteiger partial charge in [0, 0.05) is 10.8 Å². The highest BCUT2D eigenvalue weighted by Crippen LogP contribution is 2.41. The Morgan fingerprint density at radius 2 is 2.08 bits per heavy atom. The summed E-state index contributed by atoms with van der Waals surface area (Å²) in [6.07, 6.45) is 1.43. The van der Waals surface area contributed by atoms with Gasteiger partial charge in [0.1, 0.15) is 6.54 Å². The highest BCUT2D eigenvalue weighted by molar-refractivity contribution is 7.93. The number of hydrazone groups is 1. The molecular weight excluding hydrogens is 372 g/mol. The van der Waals surface area contributed by atoms with E-state index in [2.05, 4.69) is 15.5 Å². The lowest BCUT2D eigenvalue weighted by Crippen LogP contribution is -2.37. The molecule has 1 aromatic heterocycles. The van der Waals surface area contributed by atoms with E-state index in [9.17, 15) is 13.2 Å². The summed E-state index contributed by atoms with van der Waals surface area (Å²) in [6.45, 7) is 1.53. The lowest BCUT2D eigenvalue weighted by Gasteiger charge is -2.17. The Balaban J connectivity index is 1.56. The molecule has 1 N–H and O–H groups in total. The van der Waals surface area contributed by atoms with Crippen LogP contribution >= 0.6 is 11.3 Å². The number of aromatic nitrogens is 1. The van der Waals surface area contributed by atoms with Crippen LogP contribution in [0.5, 0.6) is 0 Å². The van der Waals surface area contributed by atoms with Gasteiger partial charge in [-0.05, 0) is 24.4 Å². The van der Waals surface area contributed by atoms with Crippen LogP contribution in [-0.2, 0) is 14.8 Å². The minimum atomic E-state index is -3.76. The molecule has 9 heteroatoms. The number of carbonyl (C=O) groups excluding carboxylic acids is 1. The Labute approximate surface area is 154 Å². The van der Waals surface area contributed by atoms with E-state index in [-0.39, 0.29) is 11.4 Å². The zero-order chi connectivity index (χ0) is 18.3. The number of benzene rings is 2. The van der Waals surface area contributed by atoms with Crippen LogP contribution in [-0.4, -0.2) is 32.1 Å². The molecule has 3 aromatic rings. The van der Waals surface area contributed by atoms with Gasteiger partial charge in [-0.2, -0.15) is 5.10 Å². The molecule has 7 nitrogen and oxygen atoms in total. The minimum Gasteiger partial charge on any atom is -0.271 e. The Hall–Kier alpha value is -2.78. The zero-order valence-electron chi connectivity index (χ0n) is 13.7. The van der Waals surface area contributed by atoms with Crippen molar-refractivity contribution in [2.45, 2.75) is 11.8 Å². The summed E-state index contributed by atoms with van der Waals surface area (Å²) in [4.78, 5) is 16.6. The molecule has 0 spiro atoms. The first kappa shape index (κ1) is 16.7. The number of nitrogens with zero attached hydrogens (tertiary/aromatic N) is 3. The molecule has 0 aliphatic carbocycles. The van der Waals surface area contributed by atoms with Crippen molar-refractivity contribution in [3.05, 3.63) is 52.5 Å². The smallest absolute Gasteiger partial charge is 0.265 e. The Morgan fingerprint density at radius 1 is 1.31 bits per heavy atom. The van der Waals surface area contributed by atoms with Gasteiger partial charge in [-0.3, -0.25) is 9.10 Å². The number of anilines is 1. The second kappa shape index (κ2) is 6.19. The number of thiazole rings is 1. The third kappa shape index (κ3) is 2.74. The first-order valence-corrected chi connectivity index (χ1v) is 10.1. The normalized spacial score (nSPS) is 15.0. The van der Waals surface area contributed by atoms with E-state index in [1.807, 2.05) is 24.4 Å². The highest BCUT2D eigenvalue weighted by atomic mass is 32.2. The van der Waals surface area contributed by atoms with Gasteiger partial charge in [0.2, 0.25) is 0 Å². The minimum absolute atomic E-state index is 0.222. The van der Waals surface area contributed by atoms with Crippen molar-refractivity contribution in [1.29, 1.82) is 0 Å². The molecule has 132 valence electrons. The molecule has 0 saturated heterocycles. The number of hydrogen-bond acceptors (Lipinski definition) is 6. The lowest BCUT2D eigenvalue weighted by molar-refractivity contribution is -0.119. The fraction of sp³-hybridized carbons (Fsp3) is 0.118. The third-order valence-electron chi connectivity index (χ3n) is 3.99. The second-order valence-electron chi connectivity index (χ2n) is 5.73. The number of amides is 1. The van der Waals surface area contributed by atoms with Gasteiger partial charge >= 0.3 is 0 Å². The van der Waals surface area contributed by atoms with Crippen molar-refractivity contribution < 1.29 is 13.2 Å². The molecule has 0 bridgehead atoms. The van der Waals surface area contributed by atoms with Gasteiger partial charge in [-0.15, -0.1) is 11.3 Å². The summed E-state index contributed by atoms with van der Waals surface area (Å²) in [5, 5.41) is 8.01. The Morgan fingerprint density at radius 3 is 2.81 bits per heavy atom. The summed E-state index contributed by atoms with van der Waals surface area (Å²) < 4.78 is 26.7. The van der Waals surface area contributed by atoms with Crippen LogP contribution in [0, 0.1) is 6.92 Å². The predicted octanol–water partition coefficient (Wildman–Crippen LogP) is 2.26. The molecule has 0 fully saturated rings. The van der Waals surface area contributed by atoms with Crippen molar-refractivity contribution in [3.8, 4) is 0 Å². The molecule has 1 aliphatic heterocycles. The summed E-state index contributed by atoms with van der Waals surface area (Å²) >= 11 is 1.48. The van der Waals surface area contributed by atoms with Crippen LogP contribution in [0.3, 0.4) is 0 Å². The van der Waals surface area contributed by atoms with Crippen molar-refractivity contribution in [1.82, 2.24) is 10.4 Å². The van der Waals surface area contributed by atoms with Gasteiger partial charge in [-0.1, -0.05) is 24.3 Å². The third-order valence-corrected chi connectivity index (χ3v) is 6.59. The van der Waals surface area contributed by atoms with Crippen LogP contribution in [0.15, 0.2) is 51.8 Å². The molecule has 2 aromatic carbocycles. The number of carbonyl (C=O) groups is 1. The fourth-order valence-corrected chi connectivity index (χ4v) is 5.13. The maximum absolute atomic E-state index is 12.8. The SMILES string of the molecule is Cc1nc(/C=N\NC(=O)CN2c3cccc4cccc(c34)S2(=O)=O)cs1. The number of sulfonamides is 1. The van der Waals surface area contributed by atoms with Crippen molar-refractivity contribution in [3.63, 3.8) is 0 Å². The van der Waals surface area contributed by atoms with Gasteiger partial charge in [-0.25, -0.2) is 18.8 Å². The molecule has 1 aliphatic rings. The van der Waals surface area contributed by atoms with Crippen molar-refractivity contribution >= 4 is 49.9 Å². The van der Waals surface area contributed by atoms with Crippen LogP contribution in [0.25, 0.3) is 10.8 Å². The number of nitrogens with one attached hydrogen (secondary N) is 1. The maximum atomic E-state index is 12.8. The van der Waals surface area contributed by atoms with E-state index in [4.69, 9.17) is 0 Å². The van der Waals surface area contributed by atoms with Gasteiger partial charge in [0.15, 0.2) is 0 Å². The van der Waals surface area contributed by atoms with Crippen molar-refractivity contribution in [2.24, 2.45) is 5.10 Å². The number of aryl methyl sites for hydroxylation is 1.